The molecule has 1 amide bonds. The number of nitrogens with one attached hydrogen (secondary N) is 3. The van der Waals surface area contributed by atoms with Crippen molar-refractivity contribution < 1.29 is 44.2 Å². The van der Waals surface area contributed by atoms with E-state index in [2.05, 4.69) is 16.2 Å². The second-order valence-electron chi connectivity index (χ2n) is 9.94. The van der Waals surface area contributed by atoms with Crippen LogP contribution in [0.3, 0.4) is 0 Å². The number of piperazine rings is 1. The number of aromatic nitrogens is 1. The molecule has 1 aromatic carbocycles. The van der Waals surface area contributed by atoms with Crippen LogP contribution >= 0.6 is 12.2 Å². The number of hydrogen-bond donors (Lipinski definition) is 8. The molecule has 0 spiro atoms. The molecule has 3 heterocycles. The maximum Gasteiger partial charge on any atom is 0.341 e. The van der Waals surface area contributed by atoms with Crippen LogP contribution in [0.5, 0.6) is 0 Å². The number of anilines is 1. The maximum absolute atomic E-state index is 15.1. The van der Waals surface area contributed by atoms with E-state index in [1.807, 2.05) is 4.90 Å². The predicted octanol–water partition coefficient (Wildman–Crippen LogP) is -2.72. The largest absolute Gasteiger partial charge is 0.477 e. The molecule has 2 aliphatic rings. The van der Waals surface area contributed by atoms with E-state index in [1.165, 1.54) is 12.3 Å². The molecule has 0 aliphatic carbocycles. The fourth-order valence-electron chi connectivity index (χ4n) is 4.96. The predicted molar refractivity (Wildman–Crippen MR) is 150 cm³/mol. The first-order valence-electron chi connectivity index (χ1n) is 13.2. The Hall–Kier alpha value is -3.45. The third-order valence-electron chi connectivity index (χ3n) is 7.28. The van der Waals surface area contributed by atoms with E-state index in [1.54, 1.807) is 16.4 Å². The van der Waals surface area contributed by atoms with Gasteiger partial charge in [-0.15, -0.1) is 0 Å². The van der Waals surface area contributed by atoms with Crippen molar-refractivity contribution in [3.8, 4) is 0 Å². The Balaban J connectivity index is 1.30. The van der Waals surface area contributed by atoms with Crippen molar-refractivity contribution >= 4 is 45.8 Å². The van der Waals surface area contributed by atoms with E-state index in [-0.39, 0.29) is 22.7 Å². The van der Waals surface area contributed by atoms with Gasteiger partial charge in [-0.1, -0.05) is 0 Å². The molecule has 2 fully saturated rings. The molecule has 0 saturated carbocycles. The number of thiocarbonyl (C=S) groups is 1. The molecule has 42 heavy (non-hydrogen) atoms. The van der Waals surface area contributed by atoms with Crippen LogP contribution in [0.1, 0.15) is 17.3 Å². The number of hydrazine groups is 1. The van der Waals surface area contributed by atoms with Crippen molar-refractivity contribution in [2.45, 2.75) is 44.1 Å². The summed E-state index contributed by atoms with van der Waals surface area (Å²) in [7, 11) is 0. The first kappa shape index (κ1) is 31.5. The number of carboxylic acid groups (broad SMARTS) is 1. The van der Waals surface area contributed by atoms with Crippen LogP contribution in [0.2, 0.25) is 0 Å². The van der Waals surface area contributed by atoms with E-state index in [9.17, 15) is 39.9 Å². The minimum atomic E-state index is -1.59. The molecule has 17 heteroatoms. The van der Waals surface area contributed by atoms with Gasteiger partial charge in [0.15, 0.2) is 11.3 Å². The van der Waals surface area contributed by atoms with Crippen molar-refractivity contribution in [3.05, 3.63) is 39.9 Å². The summed E-state index contributed by atoms with van der Waals surface area (Å²) in [6.07, 6.45) is -5.79. The number of carbonyl (C=O) groups excluding carboxylic acids is 1. The summed E-state index contributed by atoms with van der Waals surface area (Å²) in [6, 6.07) is 2.61. The monoisotopic (exact) mass is 612 g/mol. The quantitative estimate of drug-likeness (QED) is 0.118. The SMILES string of the molecule is CCn1cc(C(=O)O)c(=O)c2cc(F)c(N3CCN(CC(=O)NNC(=S)N[C@@H]4O[C@H](CO)[C@@H](O)[C@H](O)[C@H]4O)CC3)cc21. The van der Waals surface area contributed by atoms with Crippen LogP contribution in [-0.2, 0) is 16.1 Å². The zero-order valence-corrected chi connectivity index (χ0v) is 23.4. The van der Waals surface area contributed by atoms with Crippen molar-refractivity contribution in [2.75, 3.05) is 44.2 Å². The number of pyridine rings is 1. The molecule has 0 radical (unpaired) electrons. The Morgan fingerprint density at radius 2 is 1.79 bits per heavy atom. The molecular weight excluding hydrogens is 579 g/mol. The third-order valence-corrected chi connectivity index (χ3v) is 7.50. The summed E-state index contributed by atoms with van der Waals surface area (Å²) in [5, 5.41) is 50.8. The highest BCUT2D eigenvalue weighted by Gasteiger charge is 2.43. The van der Waals surface area contributed by atoms with Crippen molar-refractivity contribution in [1.29, 1.82) is 0 Å². The van der Waals surface area contributed by atoms with Gasteiger partial charge >= 0.3 is 5.97 Å². The number of fused-ring (bicyclic) bond motifs is 1. The summed E-state index contributed by atoms with van der Waals surface area (Å²) >= 11 is 5.07. The van der Waals surface area contributed by atoms with Gasteiger partial charge in [-0.2, -0.15) is 0 Å². The Kier molecular flexibility index (Phi) is 9.93. The lowest BCUT2D eigenvalue weighted by molar-refractivity contribution is -0.232. The molecular formula is C25H33FN6O9S. The normalized spacial score (nSPS) is 24.8. The second-order valence-corrected chi connectivity index (χ2v) is 10.4. The Bertz CT molecular complexity index is 1400. The number of ether oxygens (including phenoxy) is 1. The number of carbonyl (C=O) groups is 2. The lowest BCUT2D eigenvalue weighted by Gasteiger charge is -2.40. The number of benzene rings is 1. The summed E-state index contributed by atoms with van der Waals surface area (Å²) in [4.78, 5) is 40.1. The molecule has 2 saturated heterocycles. The minimum Gasteiger partial charge on any atom is -0.477 e. The van der Waals surface area contributed by atoms with Gasteiger partial charge in [0, 0.05) is 44.3 Å². The van der Waals surface area contributed by atoms with Gasteiger partial charge in [0.25, 0.3) is 5.91 Å². The third kappa shape index (κ3) is 6.62. The van der Waals surface area contributed by atoms with E-state index < -0.39 is 65.9 Å². The number of aliphatic hydroxyl groups excluding tert-OH is 4. The highest BCUT2D eigenvalue weighted by Crippen LogP contribution is 2.26. The highest BCUT2D eigenvalue weighted by atomic mass is 32.1. The van der Waals surface area contributed by atoms with Crippen molar-refractivity contribution in [2.24, 2.45) is 0 Å². The summed E-state index contributed by atoms with van der Waals surface area (Å²) < 4.78 is 22.0. The average molecular weight is 613 g/mol. The maximum atomic E-state index is 15.1. The Morgan fingerprint density at radius 1 is 1.10 bits per heavy atom. The van der Waals surface area contributed by atoms with Crippen LogP contribution in [0.4, 0.5) is 10.1 Å². The minimum absolute atomic E-state index is 0.0141. The summed E-state index contributed by atoms with van der Waals surface area (Å²) in [5.41, 5.74) is 4.37. The van der Waals surface area contributed by atoms with Gasteiger partial charge in [0.05, 0.1) is 24.4 Å². The number of aromatic carboxylic acids is 1. The first-order valence-corrected chi connectivity index (χ1v) is 13.6. The molecule has 0 unspecified atom stereocenters. The van der Waals surface area contributed by atoms with E-state index >= 15 is 4.39 Å². The van der Waals surface area contributed by atoms with Crippen LogP contribution in [0.15, 0.2) is 23.1 Å². The van der Waals surface area contributed by atoms with Gasteiger partial charge < -0.3 is 45.1 Å². The molecule has 0 bridgehead atoms. The molecule has 8 N–H and O–H groups in total. The van der Waals surface area contributed by atoms with Gasteiger partial charge in [0.1, 0.15) is 35.8 Å². The molecule has 5 atom stereocenters. The van der Waals surface area contributed by atoms with Crippen molar-refractivity contribution in [3.63, 3.8) is 0 Å². The highest BCUT2D eigenvalue weighted by molar-refractivity contribution is 7.80. The van der Waals surface area contributed by atoms with Crippen LogP contribution < -0.4 is 26.5 Å². The number of rotatable bonds is 7. The van der Waals surface area contributed by atoms with Gasteiger partial charge in [-0.05, 0) is 31.3 Å². The first-order chi connectivity index (χ1) is 19.9. The van der Waals surface area contributed by atoms with Gasteiger partial charge in [-0.25, -0.2) is 9.18 Å². The molecule has 230 valence electrons. The van der Waals surface area contributed by atoms with Crippen molar-refractivity contribution in [1.82, 2.24) is 25.6 Å². The lowest BCUT2D eigenvalue weighted by atomic mass is 9.98. The zero-order chi connectivity index (χ0) is 30.7. The fraction of sp³-hybridized carbons (Fsp3) is 0.520. The topological polar surface area (TPSA) is 209 Å². The fourth-order valence-corrected chi connectivity index (χ4v) is 5.12. The molecule has 15 nitrogen and oxygen atoms in total. The summed E-state index contributed by atoms with van der Waals surface area (Å²) in [6.45, 7) is 3.13. The number of aryl methyl sites for hydroxylation is 1. The standard InChI is InChI=1S/C25H33FN6O9S/c1-2-31-9-13(24(39)40)19(35)12-7-14(26)16(8-15(12)31)32-5-3-30(4-6-32)10-18(34)28-29-25(42)27-23-22(38)21(37)20(36)17(11-33)41-23/h7-9,17,20-23,33,36-38H,2-6,10-11H2,1H3,(H,28,34)(H,39,40)(H2,27,29,42)/t17-,20-,21+,22-,23-/m1/s1. The molecule has 4 rings (SSSR count). The number of aliphatic hydroxyl groups is 4. The second kappa shape index (κ2) is 13.2. The number of amides is 1. The van der Waals surface area contributed by atoms with E-state index in [0.29, 0.717) is 38.2 Å². The lowest BCUT2D eigenvalue weighted by Crippen LogP contribution is -2.64. The van der Waals surface area contributed by atoms with E-state index in [0.717, 1.165) is 6.07 Å². The number of nitrogens with zero attached hydrogens (tertiary/aromatic N) is 3. The van der Waals surface area contributed by atoms with Gasteiger partial charge in [-0.3, -0.25) is 25.3 Å². The molecule has 2 aliphatic heterocycles. The van der Waals surface area contributed by atoms with Crippen LogP contribution in [0, 0.1) is 5.82 Å². The Morgan fingerprint density at radius 3 is 2.40 bits per heavy atom. The molecule has 1 aromatic heterocycles. The zero-order valence-electron chi connectivity index (χ0n) is 22.6. The summed E-state index contributed by atoms with van der Waals surface area (Å²) in [5.74, 6) is -2.48. The van der Waals surface area contributed by atoms with Crippen LogP contribution in [0.25, 0.3) is 10.9 Å². The van der Waals surface area contributed by atoms with E-state index in [4.69, 9.17) is 17.0 Å². The smallest absolute Gasteiger partial charge is 0.341 e. The number of hydrogen-bond acceptors (Lipinski definition) is 11. The average Bonchev–Trinajstić information content (AvgIpc) is 2.97. The number of carboxylic acids is 1. The molecule has 2 aromatic rings. The van der Waals surface area contributed by atoms with Gasteiger partial charge in [0.2, 0.25) is 5.43 Å². The number of halogens is 1. The van der Waals surface area contributed by atoms with Crippen LogP contribution in [-0.4, -0.2) is 122 Å². The Labute approximate surface area is 244 Å².